The number of rotatable bonds is 5. The van der Waals surface area contributed by atoms with Crippen LogP contribution >= 0.6 is 0 Å². The van der Waals surface area contributed by atoms with Crippen LogP contribution in [-0.2, 0) is 20.7 Å². The van der Waals surface area contributed by atoms with Crippen molar-refractivity contribution >= 4 is 17.7 Å². The van der Waals surface area contributed by atoms with E-state index in [9.17, 15) is 14.4 Å². The number of H-pyrrole nitrogens is 1. The van der Waals surface area contributed by atoms with Crippen molar-refractivity contribution < 1.29 is 19.1 Å². The summed E-state index contributed by atoms with van der Waals surface area (Å²) in [4.78, 5) is 43.4. The quantitative estimate of drug-likeness (QED) is 0.728. The number of carbonyl (C=O) groups excluding carboxylic acids is 2. The highest BCUT2D eigenvalue weighted by atomic mass is 16.6. The summed E-state index contributed by atoms with van der Waals surface area (Å²) in [7, 11) is 0. The van der Waals surface area contributed by atoms with Gasteiger partial charge in [0.1, 0.15) is 5.60 Å². The first-order valence-electron chi connectivity index (χ1n) is 10.8. The first kappa shape index (κ1) is 22.8. The number of nitrogens with zero attached hydrogens (tertiary/aromatic N) is 3. The molecule has 0 bridgehead atoms. The van der Waals surface area contributed by atoms with Crippen LogP contribution in [0.2, 0.25) is 0 Å². The Bertz CT molecular complexity index is 1020. The van der Waals surface area contributed by atoms with Crippen LogP contribution in [0.5, 0.6) is 0 Å². The van der Waals surface area contributed by atoms with Gasteiger partial charge < -0.3 is 14.4 Å². The number of hydrogen-bond acceptors (Lipinski definition) is 6. The van der Waals surface area contributed by atoms with Crippen molar-refractivity contribution in [1.29, 1.82) is 0 Å². The molecule has 170 valence electrons. The second-order valence-electron chi connectivity index (χ2n) is 8.96. The number of esters is 1. The topological polar surface area (TPSA) is 106 Å². The Balaban J connectivity index is 1.80. The predicted molar refractivity (Wildman–Crippen MR) is 115 cm³/mol. The second-order valence-corrected chi connectivity index (χ2v) is 8.96. The first-order valence-corrected chi connectivity index (χ1v) is 10.8. The summed E-state index contributed by atoms with van der Waals surface area (Å²) in [5, 5.41) is 3.17. The summed E-state index contributed by atoms with van der Waals surface area (Å²) in [6.07, 6.45) is 1.85. The summed E-state index contributed by atoms with van der Waals surface area (Å²) in [6, 6.07) is 1.87. The number of carbonyl (C=O) groups is 2. The van der Waals surface area contributed by atoms with E-state index in [-0.39, 0.29) is 36.4 Å². The molecule has 3 heterocycles. The van der Waals surface area contributed by atoms with Gasteiger partial charge in [-0.3, -0.25) is 14.7 Å². The van der Waals surface area contributed by atoms with Crippen molar-refractivity contribution in [2.45, 2.75) is 71.8 Å². The smallest absolute Gasteiger partial charge is 0.410 e. The summed E-state index contributed by atoms with van der Waals surface area (Å²) in [5.74, 6) is -0.270. The van der Waals surface area contributed by atoms with E-state index >= 15 is 0 Å². The highest BCUT2D eigenvalue weighted by Crippen LogP contribution is 2.27. The van der Waals surface area contributed by atoms with Gasteiger partial charge in [0.25, 0.3) is 5.56 Å². The van der Waals surface area contributed by atoms with Crippen LogP contribution in [0, 0.1) is 6.92 Å². The molecule has 0 spiro atoms. The fourth-order valence-electron chi connectivity index (χ4n) is 3.87. The van der Waals surface area contributed by atoms with E-state index in [1.54, 1.807) is 18.7 Å². The molecule has 9 nitrogen and oxygen atoms in total. The number of aromatic nitrogens is 3. The van der Waals surface area contributed by atoms with Crippen molar-refractivity contribution in [3.63, 3.8) is 0 Å². The number of hydrogen-bond donors (Lipinski definition) is 1. The maximum atomic E-state index is 13.0. The van der Waals surface area contributed by atoms with Gasteiger partial charge in [-0.25, -0.2) is 14.3 Å². The normalized spacial score (nSPS) is 17.1. The molecule has 1 saturated heterocycles. The molecule has 2 aromatic heterocycles. The van der Waals surface area contributed by atoms with Crippen molar-refractivity contribution in [2.75, 3.05) is 19.7 Å². The zero-order chi connectivity index (χ0) is 22.8. The molecule has 3 rings (SSSR count). The average Bonchev–Trinajstić information content (AvgIpc) is 3.11. The Morgan fingerprint density at radius 1 is 1.32 bits per heavy atom. The molecule has 1 amide bonds. The van der Waals surface area contributed by atoms with Crippen molar-refractivity contribution in [3.05, 3.63) is 33.4 Å². The number of likely N-dealkylation sites (tertiary alicyclic amines) is 1. The molecule has 31 heavy (non-hydrogen) atoms. The van der Waals surface area contributed by atoms with E-state index in [4.69, 9.17) is 9.47 Å². The van der Waals surface area contributed by atoms with Crippen LogP contribution in [0.4, 0.5) is 4.79 Å². The standard InChI is InChI=1S/C22H32N4O5/c1-6-30-19(27)10-9-16-14(2)23-18-12-17(24-26(18)20(16)28)15-8-7-11-25(13-15)21(29)31-22(3,4)5/h12,15,24H,6-11,13H2,1-5H3/t15-/m1/s1. The summed E-state index contributed by atoms with van der Waals surface area (Å²) in [5.41, 5.74) is 1.75. The summed E-state index contributed by atoms with van der Waals surface area (Å²) >= 11 is 0. The molecular weight excluding hydrogens is 400 g/mol. The zero-order valence-electron chi connectivity index (χ0n) is 19.0. The van der Waals surface area contributed by atoms with E-state index in [1.165, 1.54) is 4.52 Å². The number of piperidine rings is 1. The third kappa shape index (κ3) is 5.45. The van der Waals surface area contributed by atoms with E-state index in [2.05, 4.69) is 10.1 Å². The van der Waals surface area contributed by atoms with Crippen molar-refractivity contribution in [3.8, 4) is 0 Å². The number of amides is 1. The number of nitrogens with one attached hydrogen (secondary N) is 1. The van der Waals surface area contributed by atoms with E-state index in [0.717, 1.165) is 18.5 Å². The van der Waals surface area contributed by atoms with Gasteiger partial charge in [0.05, 0.1) is 6.61 Å². The lowest BCUT2D eigenvalue weighted by molar-refractivity contribution is -0.143. The number of aryl methyl sites for hydroxylation is 1. The maximum absolute atomic E-state index is 13.0. The molecule has 2 aromatic rings. The van der Waals surface area contributed by atoms with Crippen molar-refractivity contribution in [2.24, 2.45) is 0 Å². The monoisotopic (exact) mass is 432 g/mol. The molecule has 1 atom stereocenters. The Hall–Kier alpha value is -2.84. The molecule has 1 fully saturated rings. The SMILES string of the molecule is CCOC(=O)CCc1c(C)nc2cc([C@@H]3CCCN(C(=O)OC(C)(C)C)C3)[nH]n2c1=O. The fourth-order valence-corrected chi connectivity index (χ4v) is 3.87. The van der Waals surface area contributed by atoms with Gasteiger partial charge >= 0.3 is 12.1 Å². The van der Waals surface area contributed by atoms with Gasteiger partial charge in [-0.15, -0.1) is 0 Å². The van der Waals surface area contributed by atoms with Crippen LogP contribution < -0.4 is 5.56 Å². The number of aromatic amines is 1. The minimum atomic E-state index is -0.542. The van der Waals surface area contributed by atoms with Gasteiger partial charge in [0.2, 0.25) is 0 Å². The number of fused-ring (bicyclic) bond motifs is 1. The van der Waals surface area contributed by atoms with E-state index in [0.29, 0.717) is 36.6 Å². The van der Waals surface area contributed by atoms with E-state index in [1.807, 2.05) is 26.8 Å². The Kier molecular flexibility index (Phi) is 6.71. The van der Waals surface area contributed by atoms with Gasteiger partial charge in [0, 0.05) is 48.4 Å². The fraction of sp³-hybridized carbons (Fsp3) is 0.636. The van der Waals surface area contributed by atoms with Gasteiger partial charge in [-0.1, -0.05) is 0 Å². The lowest BCUT2D eigenvalue weighted by atomic mass is 9.95. The highest BCUT2D eigenvalue weighted by molar-refractivity contribution is 5.69. The van der Waals surface area contributed by atoms with E-state index < -0.39 is 5.60 Å². The van der Waals surface area contributed by atoms with Crippen LogP contribution in [0.25, 0.3) is 5.65 Å². The third-order valence-corrected chi connectivity index (χ3v) is 5.33. The lowest BCUT2D eigenvalue weighted by Crippen LogP contribution is -2.42. The molecular formula is C22H32N4O5. The van der Waals surface area contributed by atoms with Crippen LogP contribution in [0.3, 0.4) is 0 Å². The Morgan fingerprint density at radius 2 is 2.06 bits per heavy atom. The maximum Gasteiger partial charge on any atom is 0.410 e. The summed E-state index contributed by atoms with van der Waals surface area (Å²) in [6.45, 7) is 10.6. The largest absolute Gasteiger partial charge is 0.466 e. The molecule has 9 heteroatoms. The van der Waals surface area contributed by atoms with Gasteiger partial charge in [-0.2, -0.15) is 0 Å². The Morgan fingerprint density at radius 3 is 2.74 bits per heavy atom. The molecule has 1 N–H and O–H groups in total. The first-order chi connectivity index (χ1) is 14.6. The Labute approximate surface area is 181 Å². The van der Waals surface area contributed by atoms with Crippen LogP contribution in [0.15, 0.2) is 10.9 Å². The summed E-state index contributed by atoms with van der Waals surface area (Å²) < 4.78 is 11.9. The average molecular weight is 433 g/mol. The minimum Gasteiger partial charge on any atom is -0.466 e. The molecule has 0 unspecified atom stereocenters. The van der Waals surface area contributed by atoms with Gasteiger partial charge in [0.15, 0.2) is 5.65 Å². The molecule has 0 aromatic carbocycles. The number of ether oxygens (including phenoxy) is 2. The predicted octanol–water partition coefficient (Wildman–Crippen LogP) is 2.94. The third-order valence-electron chi connectivity index (χ3n) is 5.33. The van der Waals surface area contributed by atoms with Crippen molar-refractivity contribution in [1.82, 2.24) is 19.5 Å². The second kappa shape index (κ2) is 9.11. The van der Waals surface area contributed by atoms with Crippen LogP contribution in [-0.4, -0.2) is 56.9 Å². The zero-order valence-corrected chi connectivity index (χ0v) is 19.0. The lowest BCUT2D eigenvalue weighted by Gasteiger charge is -2.33. The van der Waals surface area contributed by atoms with Crippen LogP contribution in [0.1, 0.15) is 69.8 Å². The minimum absolute atomic E-state index is 0.0608. The van der Waals surface area contributed by atoms with Gasteiger partial charge in [-0.05, 0) is 53.9 Å². The highest BCUT2D eigenvalue weighted by Gasteiger charge is 2.29. The molecule has 0 radical (unpaired) electrons. The molecule has 0 aliphatic carbocycles. The molecule has 0 saturated carbocycles. The molecule has 1 aliphatic rings. The molecule has 1 aliphatic heterocycles.